The van der Waals surface area contributed by atoms with E-state index in [2.05, 4.69) is 116 Å². The van der Waals surface area contributed by atoms with Gasteiger partial charge in [-0.1, -0.05) is 104 Å². The number of hydrogen-bond acceptors (Lipinski definition) is 0. The fourth-order valence-corrected chi connectivity index (χ4v) is 4.57. The van der Waals surface area contributed by atoms with Crippen molar-refractivity contribution in [2.24, 2.45) is 0 Å². The van der Waals surface area contributed by atoms with Crippen LogP contribution in [0.4, 0.5) is 0 Å². The second-order valence-corrected chi connectivity index (χ2v) is 7.92. The molecule has 0 saturated carbocycles. The Kier molecular flexibility index (Phi) is 3.72. The highest BCUT2D eigenvalue weighted by atomic mass is 14.1. The van der Waals surface area contributed by atoms with Crippen LogP contribution in [0.25, 0.3) is 48.7 Å². The van der Waals surface area contributed by atoms with E-state index < -0.39 is 0 Å². The molecule has 0 heterocycles. The Balaban J connectivity index is 1.46. The highest BCUT2D eigenvalue weighted by Gasteiger charge is 2.08. The molecule has 0 unspecified atom stereocenters. The van der Waals surface area contributed by atoms with Gasteiger partial charge in [0.05, 0.1) is 0 Å². The smallest absolute Gasteiger partial charge is 0.0105 e. The summed E-state index contributed by atoms with van der Waals surface area (Å²) in [6, 6.07) is 39.3. The molecule has 0 saturated heterocycles. The van der Waals surface area contributed by atoms with Crippen LogP contribution in [0.15, 0.2) is 116 Å². The molecule has 0 fully saturated rings. The molecule has 0 nitrogen and oxygen atoms in total. The molecule has 0 amide bonds. The third kappa shape index (κ3) is 2.62. The minimum absolute atomic E-state index is 1.06. The van der Waals surface area contributed by atoms with E-state index in [0.717, 1.165) is 16.7 Å². The van der Waals surface area contributed by atoms with Crippen LogP contribution in [0, 0.1) is 0 Å². The minimum Gasteiger partial charge on any atom is -0.0906 e. The summed E-state index contributed by atoms with van der Waals surface area (Å²) < 4.78 is 0. The Morgan fingerprint density at radius 2 is 0.800 bits per heavy atom. The van der Waals surface area contributed by atoms with Crippen LogP contribution in [-0.4, -0.2) is 0 Å². The largest absolute Gasteiger partial charge is 0.0906 e. The summed E-state index contributed by atoms with van der Waals surface area (Å²) in [4.78, 5) is 0. The Bertz CT molecular complexity index is 1480. The minimum atomic E-state index is 1.06. The molecule has 0 aliphatic heterocycles. The van der Waals surface area contributed by atoms with E-state index in [9.17, 15) is 0 Å². The van der Waals surface area contributed by atoms with Crippen LogP contribution in [-0.2, 0) is 0 Å². The highest BCUT2D eigenvalue weighted by Crippen LogP contribution is 2.32. The first-order chi connectivity index (χ1) is 14.8. The monoisotopic (exact) mass is 380 g/mol. The van der Waals surface area contributed by atoms with E-state index >= 15 is 0 Å². The number of benzene rings is 6. The van der Waals surface area contributed by atoms with Gasteiger partial charge in [-0.2, -0.15) is 0 Å². The van der Waals surface area contributed by atoms with E-state index in [1.807, 2.05) is 0 Å². The van der Waals surface area contributed by atoms with E-state index in [-0.39, 0.29) is 0 Å². The van der Waals surface area contributed by atoms with Crippen molar-refractivity contribution >= 4 is 48.7 Å². The van der Waals surface area contributed by atoms with Gasteiger partial charge >= 0.3 is 0 Å². The Hall–Kier alpha value is -3.90. The van der Waals surface area contributed by atoms with Crippen molar-refractivity contribution < 1.29 is 0 Å². The van der Waals surface area contributed by atoms with E-state index in [0.29, 0.717) is 0 Å². The van der Waals surface area contributed by atoms with Crippen LogP contribution in [0.5, 0.6) is 0 Å². The summed E-state index contributed by atoms with van der Waals surface area (Å²) in [5.41, 5.74) is 3.39. The maximum absolute atomic E-state index is 4.43. The lowest BCUT2D eigenvalue weighted by Gasteiger charge is -2.11. The number of hydrogen-bond donors (Lipinski definition) is 0. The van der Waals surface area contributed by atoms with Crippen molar-refractivity contribution in [1.29, 1.82) is 0 Å². The molecular formula is C30H20. The van der Waals surface area contributed by atoms with Gasteiger partial charge in [-0.15, -0.1) is 0 Å². The summed E-state index contributed by atoms with van der Waals surface area (Å²) >= 11 is 0. The molecule has 0 radical (unpaired) electrons. The standard InChI is InChI=1S/C30H20/c1-20(23-14-16-29-25(18-23)12-10-21-6-2-4-8-27(21)29)24-15-17-30-26(19-24)13-11-22-7-3-5-9-28(22)30/h2-19H,1H2. The van der Waals surface area contributed by atoms with E-state index in [4.69, 9.17) is 0 Å². The van der Waals surface area contributed by atoms with Gasteiger partial charge < -0.3 is 0 Å². The molecule has 0 aliphatic rings. The molecule has 0 bridgehead atoms. The van der Waals surface area contributed by atoms with Gasteiger partial charge in [0, 0.05) is 0 Å². The molecule has 6 rings (SSSR count). The number of fused-ring (bicyclic) bond motifs is 6. The summed E-state index contributed by atoms with van der Waals surface area (Å²) in [5.74, 6) is 0. The van der Waals surface area contributed by atoms with Gasteiger partial charge in [-0.3, -0.25) is 0 Å². The maximum Gasteiger partial charge on any atom is -0.0105 e. The van der Waals surface area contributed by atoms with Crippen molar-refractivity contribution in [3.8, 4) is 0 Å². The second-order valence-electron chi connectivity index (χ2n) is 7.92. The van der Waals surface area contributed by atoms with E-state index in [1.165, 1.54) is 43.1 Å². The molecule has 0 aromatic heterocycles. The van der Waals surface area contributed by atoms with Crippen LogP contribution in [0.2, 0.25) is 0 Å². The van der Waals surface area contributed by atoms with Gasteiger partial charge in [0.25, 0.3) is 0 Å². The zero-order valence-corrected chi connectivity index (χ0v) is 16.6. The van der Waals surface area contributed by atoms with Crippen molar-refractivity contribution in [2.45, 2.75) is 0 Å². The molecule has 0 spiro atoms. The van der Waals surface area contributed by atoms with Crippen LogP contribution >= 0.6 is 0 Å². The average molecular weight is 380 g/mol. The summed E-state index contributed by atoms with van der Waals surface area (Å²) in [6.07, 6.45) is 0. The summed E-state index contributed by atoms with van der Waals surface area (Å²) in [5, 5.41) is 10.2. The molecule has 140 valence electrons. The molecule has 0 N–H and O–H groups in total. The summed E-state index contributed by atoms with van der Waals surface area (Å²) in [7, 11) is 0. The lowest BCUT2D eigenvalue weighted by atomic mass is 9.93. The Morgan fingerprint density at radius 3 is 1.30 bits per heavy atom. The zero-order valence-electron chi connectivity index (χ0n) is 16.6. The van der Waals surface area contributed by atoms with Gasteiger partial charge in [0.15, 0.2) is 0 Å². The maximum atomic E-state index is 4.43. The van der Waals surface area contributed by atoms with Crippen LogP contribution < -0.4 is 0 Å². The topological polar surface area (TPSA) is 0 Å². The second kappa shape index (κ2) is 6.57. The van der Waals surface area contributed by atoms with Gasteiger partial charge in [0.1, 0.15) is 0 Å². The molecule has 30 heavy (non-hydrogen) atoms. The van der Waals surface area contributed by atoms with Crippen molar-refractivity contribution in [3.05, 3.63) is 127 Å². The first-order valence-electron chi connectivity index (χ1n) is 10.3. The normalized spacial score (nSPS) is 11.5. The quantitative estimate of drug-likeness (QED) is 0.265. The molecule has 0 atom stereocenters. The lowest BCUT2D eigenvalue weighted by molar-refractivity contribution is 1.61. The third-order valence-corrected chi connectivity index (χ3v) is 6.19. The predicted octanol–water partition coefficient (Wildman–Crippen LogP) is 8.36. The molecule has 6 aromatic carbocycles. The lowest BCUT2D eigenvalue weighted by Crippen LogP contribution is -1.88. The number of rotatable bonds is 2. The summed E-state index contributed by atoms with van der Waals surface area (Å²) in [6.45, 7) is 4.43. The molecule has 6 aromatic rings. The Labute approximate surface area is 175 Å². The molecule has 0 aliphatic carbocycles. The van der Waals surface area contributed by atoms with Gasteiger partial charge in [-0.05, 0) is 71.9 Å². The van der Waals surface area contributed by atoms with Crippen LogP contribution in [0.3, 0.4) is 0 Å². The fraction of sp³-hybridized carbons (Fsp3) is 0. The molecule has 0 heteroatoms. The highest BCUT2D eigenvalue weighted by molar-refractivity contribution is 6.09. The van der Waals surface area contributed by atoms with Crippen molar-refractivity contribution in [3.63, 3.8) is 0 Å². The first kappa shape index (κ1) is 17.0. The van der Waals surface area contributed by atoms with Crippen molar-refractivity contribution in [2.75, 3.05) is 0 Å². The first-order valence-corrected chi connectivity index (χ1v) is 10.3. The SMILES string of the molecule is C=C(c1ccc2c(ccc3ccccc32)c1)c1ccc2c(ccc3ccccc32)c1. The van der Waals surface area contributed by atoms with Crippen molar-refractivity contribution in [1.82, 2.24) is 0 Å². The third-order valence-electron chi connectivity index (χ3n) is 6.19. The molecular weight excluding hydrogens is 360 g/mol. The van der Waals surface area contributed by atoms with Gasteiger partial charge in [0.2, 0.25) is 0 Å². The predicted molar refractivity (Wildman–Crippen MR) is 131 cm³/mol. The van der Waals surface area contributed by atoms with Gasteiger partial charge in [-0.25, -0.2) is 0 Å². The Morgan fingerprint density at radius 1 is 0.400 bits per heavy atom. The fourth-order valence-electron chi connectivity index (χ4n) is 4.57. The average Bonchev–Trinajstić information content (AvgIpc) is 2.82. The van der Waals surface area contributed by atoms with E-state index in [1.54, 1.807) is 0 Å². The van der Waals surface area contributed by atoms with Crippen LogP contribution in [0.1, 0.15) is 11.1 Å². The zero-order chi connectivity index (χ0) is 20.1.